The molecule has 0 atom stereocenters. The Morgan fingerprint density at radius 3 is 0.636 bits per heavy atom. The monoisotopic (exact) mass is 212 g/mol. The molecule has 0 amide bonds. The maximum Gasteiger partial charge on any atom is 0.394 e. The molecule has 0 rings (SSSR count). The van der Waals surface area contributed by atoms with E-state index in [0.29, 0.717) is 0 Å². The summed E-state index contributed by atoms with van der Waals surface area (Å²) in [6.07, 6.45) is 0. The molecule has 0 saturated heterocycles. The Morgan fingerprint density at radius 2 is 0.636 bits per heavy atom. The van der Waals surface area contributed by atoms with Crippen LogP contribution in [-0.2, 0) is 20.8 Å². The largest absolute Gasteiger partial charge is 0.394 e. The van der Waals surface area contributed by atoms with Crippen molar-refractivity contribution in [3.05, 3.63) is 0 Å². The summed E-state index contributed by atoms with van der Waals surface area (Å²) in [5, 5.41) is 0. The summed E-state index contributed by atoms with van der Waals surface area (Å²) in [5.41, 5.74) is 0. The van der Waals surface area contributed by atoms with Crippen LogP contribution in [0.2, 0.25) is 0 Å². The average molecular weight is 212 g/mol. The SMILES string of the molecule is C.O=S(=O)(O)O.O=S(=O)(O)O. The maximum absolute atomic E-state index is 8.74. The van der Waals surface area contributed by atoms with Gasteiger partial charge in [-0.2, -0.15) is 16.8 Å². The van der Waals surface area contributed by atoms with Gasteiger partial charge < -0.3 is 0 Å². The smallest absolute Gasteiger partial charge is 0.264 e. The van der Waals surface area contributed by atoms with E-state index in [1.54, 1.807) is 0 Å². The maximum atomic E-state index is 8.74. The van der Waals surface area contributed by atoms with Crippen molar-refractivity contribution >= 4 is 20.8 Å². The van der Waals surface area contributed by atoms with E-state index in [1.165, 1.54) is 0 Å². The predicted molar refractivity (Wildman–Crippen MR) is 35.1 cm³/mol. The van der Waals surface area contributed by atoms with Gasteiger partial charge in [0.15, 0.2) is 0 Å². The summed E-state index contributed by atoms with van der Waals surface area (Å²) in [7, 11) is -9.33. The second-order valence-electron chi connectivity index (χ2n) is 0.896. The topological polar surface area (TPSA) is 149 Å². The van der Waals surface area contributed by atoms with Crippen molar-refractivity contribution < 1.29 is 35.0 Å². The van der Waals surface area contributed by atoms with Crippen LogP contribution in [0.25, 0.3) is 0 Å². The van der Waals surface area contributed by atoms with Gasteiger partial charge in [-0.3, -0.25) is 18.2 Å². The highest BCUT2D eigenvalue weighted by Crippen LogP contribution is 1.59. The summed E-state index contributed by atoms with van der Waals surface area (Å²) in [6.45, 7) is 0. The van der Waals surface area contributed by atoms with Crippen molar-refractivity contribution in [1.82, 2.24) is 0 Å². The Morgan fingerprint density at radius 1 is 0.636 bits per heavy atom. The third-order valence-corrected chi connectivity index (χ3v) is 0. The van der Waals surface area contributed by atoms with Crippen LogP contribution < -0.4 is 0 Å². The minimum absolute atomic E-state index is 0. The van der Waals surface area contributed by atoms with Gasteiger partial charge in [0.2, 0.25) is 0 Å². The van der Waals surface area contributed by atoms with E-state index in [2.05, 4.69) is 0 Å². The van der Waals surface area contributed by atoms with Crippen LogP contribution in [0.1, 0.15) is 7.43 Å². The van der Waals surface area contributed by atoms with Crippen molar-refractivity contribution in [1.29, 1.82) is 0 Å². The first-order valence-electron chi connectivity index (χ1n) is 1.40. The molecule has 0 fully saturated rings. The Kier molecular flexibility index (Phi) is 8.35. The quantitative estimate of drug-likeness (QED) is 0.386. The first-order chi connectivity index (χ1) is 4.00. The van der Waals surface area contributed by atoms with E-state index in [9.17, 15) is 0 Å². The van der Waals surface area contributed by atoms with E-state index < -0.39 is 20.8 Å². The van der Waals surface area contributed by atoms with Gasteiger partial charge in [-0.1, -0.05) is 7.43 Å². The lowest BCUT2D eigenvalue weighted by Crippen LogP contribution is -1.89. The fraction of sp³-hybridized carbons (Fsp3) is 1.00. The van der Waals surface area contributed by atoms with Gasteiger partial charge in [-0.15, -0.1) is 0 Å². The zero-order valence-corrected chi connectivity index (χ0v) is 5.87. The van der Waals surface area contributed by atoms with E-state index >= 15 is 0 Å². The lowest BCUT2D eigenvalue weighted by molar-refractivity contribution is 0.378. The first-order valence-corrected chi connectivity index (χ1v) is 4.19. The third kappa shape index (κ3) is 8630. The normalized spacial score (nSPS) is 10.5. The van der Waals surface area contributed by atoms with Crippen LogP contribution >= 0.6 is 0 Å². The van der Waals surface area contributed by atoms with Crippen LogP contribution in [0.5, 0.6) is 0 Å². The minimum atomic E-state index is -4.67. The van der Waals surface area contributed by atoms with Gasteiger partial charge in [0.25, 0.3) is 0 Å². The molecule has 0 aliphatic carbocycles. The second kappa shape index (κ2) is 5.40. The van der Waals surface area contributed by atoms with Crippen LogP contribution in [0.4, 0.5) is 0 Å². The van der Waals surface area contributed by atoms with Gasteiger partial charge in [0.05, 0.1) is 0 Å². The Balaban J connectivity index is -0.000000107. The molecular formula is CH8O8S2. The molecule has 0 saturated carbocycles. The molecule has 0 unspecified atom stereocenters. The summed E-state index contributed by atoms with van der Waals surface area (Å²) >= 11 is 0. The molecule has 8 nitrogen and oxygen atoms in total. The van der Waals surface area contributed by atoms with E-state index in [0.717, 1.165) is 0 Å². The van der Waals surface area contributed by atoms with Crippen LogP contribution in [0, 0.1) is 0 Å². The molecule has 0 bridgehead atoms. The van der Waals surface area contributed by atoms with Crippen molar-refractivity contribution in [3.8, 4) is 0 Å². The molecular weight excluding hydrogens is 204 g/mol. The number of rotatable bonds is 0. The lowest BCUT2D eigenvalue weighted by Gasteiger charge is -1.68. The number of hydrogen-bond donors (Lipinski definition) is 4. The van der Waals surface area contributed by atoms with Crippen LogP contribution in [0.15, 0.2) is 0 Å². The van der Waals surface area contributed by atoms with Gasteiger partial charge in [0.1, 0.15) is 0 Å². The molecule has 72 valence electrons. The fourth-order valence-corrected chi connectivity index (χ4v) is 0. The molecule has 0 aromatic rings. The molecule has 4 N–H and O–H groups in total. The van der Waals surface area contributed by atoms with E-state index in [1.807, 2.05) is 0 Å². The molecule has 0 aliphatic rings. The van der Waals surface area contributed by atoms with Crippen LogP contribution in [0.3, 0.4) is 0 Å². The van der Waals surface area contributed by atoms with Crippen LogP contribution in [-0.4, -0.2) is 35.0 Å². The fourth-order valence-electron chi connectivity index (χ4n) is 0. The molecule has 0 heterocycles. The summed E-state index contributed by atoms with van der Waals surface area (Å²) in [4.78, 5) is 0. The first kappa shape index (κ1) is 17.0. The van der Waals surface area contributed by atoms with Crippen molar-refractivity contribution in [2.75, 3.05) is 0 Å². The van der Waals surface area contributed by atoms with Gasteiger partial charge in [0, 0.05) is 0 Å². The molecule has 0 radical (unpaired) electrons. The Labute approximate surface area is 64.0 Å². The highest BCUT2D eigenvalue weighted by molar-refractivity contribution is 7.80. The highest BCUT2D eigenvalue weighted by Gasteiger charge is 1.85. The zero-order chi connectivity index (χ0) is 9.00. The highest BCUT2D eigenvalue weighted by atomic mass is 32.3. The minimum Gasteiger partial charge on any atom is -0.264 e. The molecule has 0 aromatic carbocycles. The molecule has 0 aromatic heterocycles. The molecule has 0 spiro atoms. The van der Waals surface area contributed by atoms with Gasteiger partial charge >= 0.3 is 20.8 Å². The van der Waals surface area contributed by atoms with Crippen molar-refractivity contribution in [2.24, 2.45) is 0 Å². The molecule has 10 heteroatoms. The molecule has 0 aliphatic heterocycles. The Bertz CT molecular complexity index is 208. The second-order valence-corrected chi connectivity index (χ2v) is 2.69. The Hall–Kier alpha value is -0.260. The predicted octanol–water partition coefficient (Wildman–Crippen LogP) is -0.669. The average Bonchev–Trinajstić information content (AvgIpc) is 1.12. The molecule has 11 heavy (non-hydrogen) atoms. The van der Waals surface area contributed by atoms with Gasteiger partial charge in [-0.25, -0.2) is 0 Å². The van der Waals surface area contributed by atoms with E-state index in [4.69, 9.17) is 35.0 Å². The summed E-state index contributed by atoms with van der Waals surface area (Å²) in [6, 6.07) is 0. The lowest BCUT2D eigenvalue weighted by atomic mass is 12.0. The zero-order valence-electron chi connectivity index (χ0n) is 4.24. The van der Waals surface area contributed by atoms with E-state index in [-0.39, 0.29) is 7.43 Å². The van der Waals surface area contributed by atoms with Gasteiger partial charge in [-0.05, 0) is 0 Å². The van der Waals surface area contributed by atoms with Crippen molar-refractivity contribution in [3.63, 3.8) is 0 Å². The summed E-state index contributed by atoms with van der Waals surface area (Å²) in [5.74, 6) is 0. The summed E-state index contributed by atoms with van der Waals surface area (Å²) < 4.78 is 63.2. The standard InChI is InChI=1S/CH4.2H2O4S/c;2*1-5(2,3)4/h1H4;2*(H2,1,2,3,4). The van der Waals surface area contributed by atoms with Crippen molar-refractivity contribution in [2.45, 2.75) is 7.43 Å². The number of hydrogen-bond acceptors (Lipinski definition) is 4. The third-order valence-electron chi connectivity index (χ3n) is 0.